The molecule has 1 aliphatic heterocycles. The summed E-state index contributed by atoms with van der Waals surface area (Å²) in [6.07, 6.45) is 0. The number of nitrogens with two attached hydrogens (primary N) is 1. The third-order valence-electron chi connectivity index (χ3n) is 4.07. The molecule has 5 heteroatoms. The molecule has 2 atom stereocenters. The number of ether oxygens (including phenoxy) is 1. The Labute approximate surface area is 118 Å². The number of nitrogens with zero attached hydrogens (tertiary/aromatic N) is 3. The van der Waals surface area contributed by atoms with E-state index < -0.39 is 0 Å². The van der Waals surface area contributed by atoms with Crippen molar-refractivity contribution in [3.05, 3.63) is 0 Å². The van der Waals surface area contributed by atoms with Gasteiger partial charge in [0.2, 0.25) is 0 Å². The van der Waals surface area contributed by atoms with Gasteiger partial charge in [-0.3, -0.25) is 9.80 Å². The fourth-order valence-corrected chi connectivity index (χ4v) is 2.78. The third kappa shape index (κ3) is 5.75. The van der Waals surface area contributed by atoms with E-state index in [0.29, 0.717) is 12.0 Å². The van der Waals surface area contributed by atoms with E-state index in [1.165, 1.54) is 6.54 Å². The first-order valence-corrected chi connectivity index (χ1v) is 7.38. The van der Waals surface area contributed by atoms with Gasteiger partial charge in [0.05, 0.1) is 6.61 Å². The molecule has 0 aromatic heterocycles. The fraction of sp³-hybridized carbons (Fsp3) is 1.00. The second-order valence-corrected chi connectivity index (χ2v) is 5.92. The molecule has 0 aromatic carbocycles. The van der Waals surface area contributed by atoms with E-state index in [0.717, 1.165) is 45.9 Å². The van der Waals surface area contributed by atoms with Crippen molar-refractivity contribution in [2.75, 3.05) is 73.6 Å². The zero-order valence-electron chi connectivity index (χ0n) is 13.1. The lowest BCUT2D eigenvalue weighted by molar-refractivity contribution is 0.0468. The first-order valence-electron chi connectivity index (χ1n) is 7.38. The molecule has 1 heterocycles. The highest BCUT2D eigenvalue weighted by Crippen LogP contribution is 2.13. The summed E-state index contributed by atoms with van der Waals surface area (Å²) in [7, 11) is 6.03. The largest absolute Gasteiger partial charge is 0.384 e. The van der Waals surface area contributed by atoms with Crippen LogP contribution >= 0.6 is 0 Å². The van der Waals surface area contributed by atoms with Crippen LogP contribution in [0.1, 0.15) is 6.92 Å². The maximum atomic E-state index is 5.95. The van der Waals surface area contributed by atoms with Gasteiger partial charge >= 0.3 is 0 Å². The van der Waals surface area contributed by atoms with Crippen molar-refractivity contribution < 1.29 is 4.74 Å². The fourth-order valence-electron chi connectivity index (χ4n) is 2.78. The molecule has 2 unspecified atom stereocenters. The number of methoxy groups -OCH3 is 1. The molecule has 0 aromatic rings. The van der Waals surface area contributed by atoms with E-state index >= 15 is 0 Å². The quantitative estimate of drug-likeness (QED) is 0.662. The van der Waals surface area contributed by atoms with Gasteiger partial charge in [-0.25, -0.2) is 0 Å². The van der Waals surface area contributed by atoms with Crippen LogP contribution in [0.3, 0.4) is 0 Å². The van der Waals surface area contributed by atoms with Crippen molar-refractivity contribution in [1.29, 1.82) is 0 Å². The summed E-state index contributed by atoms with van der Waals surface area (Å²) in [4.78, 5) is 7.33. The van der Waals surface area contributed by atoms with Crippen LogP contribution in [-0.2, 0) is 4.74 Å². The Morgan fingerprint density at radius 2 is 1.84 bits per heavy atom. The van der Waals surface area contributed by atoms with Crippen LogP contribution in [-0.4, -0.2) is 94.4 Å². The normalized spacial score (nSPS) is 21.8. The molecule has 0 spiro atoms. The number of likely N-dealkylation sites (N-methyl/N-ethyl adjacent to an activating group) is 1. The Balaban J connectivity index is 2.34. The molecule has 0 saturated carbocycles. The number of hydrogen-bond donors (Lipinski definition) is 1. The van der Waals surface area contributed by atoms with Crippen molar-refractivity contribution in [3.63, 3.8) is 0 Å². The molecule has 1 aliphatic rings. The van der Waals surface area contributed by atoms with Crippen LogP contribution < -0.4 is 5.73 Å². The molecule has 0 radical (unpaired) electrons. The van der Waals surface area contributed by atoms with Gasteiger partial charge < -0.3 is 15.4 Å². The monoisotopic (exact) mass is 272 g/mol. The predicted octanol–water partition coefficient (Wildman–Crippen LogP) is -0.225. The van der Waals surface area contributed by atoms with Crippen LogP contribution in [0.25, 0.3) is 0 Å². The Hall–Kier alpha value is -0.200. The number of piperazine rings is 1. The molecule has 0 amide bonds. The van der Waals surface area contributed by atoms with Gasteiger partial charge in [0.25, 0.3) is 0 Å². The molecule has 0 bridgehead atoms. The lowest BCUT2D eigenvalue weighted by Gasteiger charge is -2.41. The second-order valence-electron chi connectivity index (χ2n) is 5.92. The summed E-state index contributed by atoms with van der Waals surface area (Å²) in [6.45, 7) is 10.6. The van der Waals surface area contributed by atoms with Crippen molar-refractivity contribution >= 4 is 0 Å². The van der Waals surface area contributed by atoms with Crippen LogP contribution in [0.15, 0.2) is 0 Å². The van der Waals surface area contributed by atoms with E-state index in [1.54, 1.807) is 7.11 Å². The van der Waals surface area contributed by atoms with E-state index in [2.05, 4.69) is 35.7 Å². The average Bonchev–Trinajstić information content (AvgIpc) is 2.39. The Morgan fingerprint density at radius 1 is 1.21 bits per heavy atom. The summed E-state index contributed by atoms with van der Waals surface area (Å²) in [5.41, 5.74) is 5.95. The molecular formula is C14H32N4O. The number of rotatable bonds is 8. The number of hydrogen-bond acceptors (Lipinski definition) is 5. The van der Waals surface area contributed by atoms with Crippen molar-refractivity contribution in [3.8, 4) is 0 Å². The highest BCUT2D eigenvalue weighted by molar-refractivity contribution is 4.82. The Morgan fingerprint density at radius 3 is 2.32 bits per heavy atom. The van der Waals surface area contributed by atoms with Gasteiger partial charge in [-0.15, -0.1) is 0 Å². The SMILES string of the molecule is COCC(C)C(CN)N1CCN(CCN(C)C)CC1. The lowest BCUT2D eigenvalue weighted by Crippen LogP contribution is -2.55. The molecular weight excluding hydrogens is 240 g/mol. The standard InChI is InChI=1S/C14H32N4O/c1-13(12-19-4)14(11-15)18-9-7-17(8-10-18)6-5-16(2)3/h13-14H,5-12,15H2,1-4H3. The molecule has 19 heavy (non-hydrogen) atoms. The summed E-state index contributed by atoms with van der Waals surface area (Å²) in [6, 6.07) is 0.455. The van der Waals surface area contributed by atoms with Gasteiger partial charge in [-0.05, 0) is 20.0 Å². The smallest absolute Gasteiger partial charge is 0.0503 e. The van der Waals surface area contributed by atoms with Crippen LogP contribution in [0.5, 0.6) is 0 Å². The molecule has 114 valence electrons. The van der Waals surface area contributed by atoms with Crippen molar-refractivity contribution in [1.82, 2.24) is 14.7 Å². The molecule has 1 fully saturated rings. The van der Waals surface area contributed by atoms with Gasteiger partial charge in [0.1, 0.15) is 0 Å². The highest BCUT2D eigenvalue weighted by Gasteiger charge is 2.26. The topological polar surface area (TPSA) is 45.0 Å². The van der Waals surface area contributed by atoms with Gasteiger partial charge in [-0.2, -0.15) is 0 Å². The predicted molar refractivity (Wildman–Crippen MR) is 80.4 cm³/mol. The zero-order chi connectivity index (χ0) is 14.3. The summed E-state index contributed by atoms with van der Waals surface area (Å²) >= 11 is 0. The van der Waals surface area contributed by atoms with Crippen molar-refractivity contribution in [2.45, 2.75) is 13.0 Å². The molecule has 0 aliphatic carbocycles. The molecule has 1 saturated heterocycles. The van der Waals surface area contributed by atoms with Crippen LogP contribution in [0.2, 0.25) is 0 Å². The van der Waals surface area contributed by atoms with Gasteiger partial charge in [-0.1, -0.05) is 6.92 Å². The minimum Gasteiger partial charge on any atom is -0.384 e. The molecule has 5 nitrogen and oxygen atoms in total. The lowest BCUT2D eigenvalue weighted by atomic mass is 10.0. The average molecular weight is 272 g/mol. The van der Waals surface area contributed by atoms with E-state index in [1.807, 2.05) is 0 Å². The van der Waals surface area contributed by atoms with Gasteiger partial charge in [0.15, 0.2) is 0 Å². The van der Waals surface area contributed by atoms with E-state index in [-0.39, 0.29) is 0 Å². The van der Waals surface area contributed by atoms with E-state index in [9.17, 15) is 0 Å². The van der Waals surface area contributed by atoms with Crippen LogP contribution in [0, 0.1) is 5.92 Å². The second kappa shape index (κ2) is 8.87. The Kier molecular flexibility index (Phi) is 7.87. The summed E-state index contributed by atoms with van der Waals surface area (Å²) < 4.78 is 5.27. The highest BCUT2D eigenvalue weighted by atomic mass is 16.5. The minimum atomic E-state index is 0.455. The first kappa shape index (κ1) is 16.9. The Bertz CT molecular complexity index is 229. The van der Waals surface area contributed by atoms with Crippen LogP contribution in [0.4, 0.5) is 0 Å². The molecule has 2 N–H and O–H groups in total. The van der Waals surface area contributed by atoms with Crippen molar-refractivity contribution in [2.24, 2.45) is 11.7 Å². The summed E-state index contributed by atoms with van der Waals surface area (Å²) in [5, 5.41) is 0. The third-order valence-corrected chi connectivity index (χ3v) is 4.07. The van der Waals surface area contributed by atoms with E-state index in [4.69, 9.17) is 10.5 Å². The van der Waals surface area contributed by atoms with Gasteiger partial charge in [0, 0.05) is 59.0 Å². The summed E-state index contributed by atoms with van der Waals surface area (Å²) in [5.74, 6) is 0.503. The zero-order valence-corrected chi connectivity index (χ0v) is 13.1. The molecule has 1 rings (SSSR count). The maximum Gasteiger partial charge on any atom is 0.0503 e. The first-order chi connectivity index (χ1) is 9.08. The minimum absolute atomic E-state index is 0.455. The maximum absolute atomic E-state index is 5.95.